The van der Waals surface area contributed by atoms with Crippen LogP contribution in [0, 0.1) is 11.6 Å². The Kier molecular flexibility index (Phi) is 5.13. The van der Waals surface area contributed by atoms with E-state index in [0.717, 1.165) is 0 Å². The van der Waals surface area contributed by atoms with Crippen LogP contribution >= 0.6 is 0 Å². The lowest BCUT2D eigenvalue weighted by atomic mass is 9.98. The summed E-state index contributed by atoms with van der Waals surface area (Å²) in [5, 5.41) is 10.2. The van der Waals surface area contributed by atoms with Crippen molar-refractivity contribution in [2.45, 2.75) is 19.0 Å². The molecule has 0 radical (unpaired) electrons. The summed E-state index contributed by atoms with van der Waals surface area (Å²) in [6.45, 7) is -0.00499. The minimum atomic E-state index is -0.492. The molecule has 0 aliphatic rings. The molecule has 1 N–H and O–H groups in total. The first-order valence-corrected chi connectivity index (χ1v) is 7.73. The Morgan fingerprint density at radius 3 is 2.56 bits per heavy atom. The van der Waals surface area contributed by atoms with Crippen molar-refractivity contribution in [1.29, 1.82) is 0 Å². The zero-order valence-electron chi connectivity index (χ0n) is 13.3. The van der Waals surface area contributed by atoms with Crippen molar-refractivity contribution >= 4 is 5.91 Å². The van der Waals surface area contributed by atoms with Gasteiger partial charge in [-0.2, -0.15) is 0 Å². The first-order valence-electron chi connectivity index (χ1n) is 7.73. The molecule has 3 rings (SSSR count). The third kappa shape index (κ3) is 4.69. The van der Waals surface area contributed by atoms with E-state index in [1.54, 1.807) is 30.5 Å². The summed E-state index contributed by atoms with van der Waals surface area (Å²) in [5.74, 6) is -1.05. The zero-order valence-corrected chi connectivity index (χ0v) is 13.3. The minimum Gasteiger partial charge on any atom is -0.347 e. The molecule has 7 heteroatoms. The first-order chi connectivity index (χ1) is 12.1. The van der Waals surface area contributed by atoms with E-state index in [1.807, 2.05) is 0 Å². The molecule has 1 atom stereocenters. The molecule has 0 aliphatic heterocycles. The first kappa shape index (κ1) is 16.8. The van der Waals surface area contributed by atoms with Crippen LogP contribution in [0.4, 0.5) is 8.78 Å². The van der Waals surface area contributed by atoms with Crippen molar-refractivity contribution in [2.75, 3.05) is 0 Å². The number of amides is 1. The van der Waals surface area contributed by atoms with Crippen molar-refractivity contribution in [3.63, 3.8) is 0 Å². The van der Waals surface area contributed by atoms with Gasteiger partial charge in [0, 0.05) is 6.20 Å². The average molecular weight is 342 g/mol. The molecule has 0 aliphatic carbocycles. The molecule has 5 nitrogen and oxygen atoms in total. The van der Waals surface area contributed by atoms with E-state index in [-0.39, 0.29) is 18.3 Å². The number of nitrogens with one attached hydrogen (secondary N) is 1. The largest absolute Gasteiger partial charge is 0.347 e. The monoisotopic (exact) mass is 342 g/mol. The summed E-state index contributed by atoms with van der Waals surface area (Å²) in [6.07, 6.45) is 3.39. The van der Waals surface area contributed by atoms with Gasteiger partial charge in [-0.3, -0.25) is 4.79 Å². The second kappa shape index (κ2) is 7.65. The van der Waals surface area contributed by atoms with E-state index in [4.69, 9.17) is 0 Å². The standard InChI is InChI=1S/C18H16F2N4O/c19-15-5-1-3-13(9-15)10-17(14-4-2-6-16(20)11-14)22-18(25)12-24-8-7-21-23-24/h1-9,11,17H,10,12H2,(H,22,25)/t17-/m0/s1. The fourth-order valence-electron chi connectivity index (χ4n) is 2.58. The number of hydrogen-bond acceptors (Lipinski definition) is 3. The Morgan fingerprint density at radius 2 is 1.88 bits per heavy atom. The van der Waals surface area contributed by atoms with Crippen LogP contribution < -0.4 is 5.32 Å². The molecule has 0 spiro atoms. The van der Waals surface area contributed by atoms with E-state index in [2.05, 4.69) is 15.6 Å². The van der Waals surface area contributed by atoms with Crippen molar-refractivity contribution in [3.05, 3.63) is 83.7 Å². The van der Waals surface area contributed by atoms with Crippen LogP contribution in [-0.2, 0) is 17.8 Å². The maximum Gasteiger partial charge on any atom is 0.242 e. The number of carbonyl (C=O) groups excluding carboxylic acids is 1. The molecule has 1 heterocycles. The average Bonchev–Trinajstić information content (AvgIpc) is 3.07. The number of rotatable bonds is 6. The quantitative estimate of drug-likeness (QED) is 0.749. The summed E-state index contributed by atoms with van der Waals surface area (Å²) >= 11 is 0. The van der Waals surface area contributed by atoms with Crippen LogP contribution in [0.15, 0.2) is 60.9 Å². The highest BCUT2D eigenvalue weighted by atomic mass is 19.1. The van der Waals surface area contributed by atoms with Crippen LogP contribution in [0.3, 0.4) is 0 Å². The van der Waals surface area contributed by atoms with Gasteiger partial charge in [-0.15, -0.1) is 5.10 Å². The third-order valence-electron chi connectivity index (χ3n) is 3.69. The van der Waals surface area contributed by atoms with Gasteiger partial charge in [0.1, 0.15) is 18.2 Å². The van der Waals surface area contributed by atoms with E-state index < -0.39 is 11.9 Å². The Labute approximate surface area is 143 Å². The fourth-order valence-corrected chi connectivity index (χ4v) is 2.58. The molecule has 1 amide bonds. The second-order valence-electron chi connectivity index (χ2n) is 5.61. The number of halogens is 2. The van der Waals surface area contributed by atoms with Crippen LogP contribution in [0.1, 0.15) is 17.2 Å². The van der Waals surface area contributed by atoms with Gasteiger partial charge < -0.3 is 5.32 Å². The summed E-state index contributed by atoms with van der Waals surface area (Å²) in [7, 11) is 0. The van der Waals surface area contributed by atoms with Crippen molar-refractivity contribution in [1.82, 2.24) is 20.3 Å². The van der Waals surface area contributed by atoms with Crippen molar-refractivity contribution < 1.29 is 13.6 Å². The zero-order chi connectivity index (χ0) is 17.6. The van der Waals surface area contributed by atoms with Crippen molar-refractivity contribution in [3.8, 4) is 0 Å². The second-order valence-corrected chi connectivity index (χ2v) is 5.61. The predicted molar refractivity (Wildman–Crippen MR) is 87.4 cm³/mol. The molecule has 0 fully saturated rings. The minimum absolute atomic E-state index is 0.00499. The molecule has 0 saturated heterocycles. The number of benzene rings is 2. The third-order valence-corrected chi connectivity index (χ3v) is 3.69. The topological polar surface area (TPSA) is 59.8 Å². The Balaban J connectivity index is 1.79. The SMILES string of the molecule is O=C(Cn1ccnn1)N[C@@H](Cc1cccc(F)c1)c1cccc(F)c1. The molecule has 0 unspecified atom stereocenters. The van der Waals surface area contributed by atoms with Crippen molar-refractivity contribution in [2.24, 2.45) is 0 Å². The van der Waals surface area contributed by atoms with Gasteiger partial charge in [0.15, 0.2) is 0 Å². The van der Waals surface area contributed by atoms with Gasteiger partial charge in [0.2, 0.25) is 5.91 Å². The molecule has 0 bridgehead atoms. The molecular formula is C18H16F2N4O. The Morgan fingerprint density at radius 1 is 1.12 bits per heavy atom. The summed E-state index contributed by atoms with van der Waals surface area (Å²) < 4.78 is 28.4. The predicted octanol–water partition coefficient (Wildman–Crippen LogP) is 2.66. The summed E-state index contributed by atoms with van der Waals surface area (Å²) in [5.41, 5.74) is 1.31. The van der Waals surface area contributed by atoms with Crippen LogP contribution in [0.5, 0.6) is 0 Å². The molecule has 3 aromatic rings. The normalized spacial score (nSPS) is 11.9. The van der Waals surface area contributed by atoms with E-state index in [1.165, 1.54) is 35.1 Å². The van der Waals surface area contributed by atoms with E-state index in [9.17, 15) is 13.6 Å². The number of aromatic nitrogens is 3. The molecular weight excluding hydrogens is 326 g/mol. The molecule has 128 valence electrons. The van der Waals surface area contributed by atoms with Crippen LogP contribution in [-0.4, -0.2) is 20.9 Å². The van der Waals surface area contributed by atoms with E-state index >= 15 is 0 Å². The van der Waals surface area contributed by atoms with Gasteiger partial charge in [-0.05, 0) is 41.8 Å². The number of hydrogen-bond donors (Lipinski definition) is 1. The van der Waals surface area contributed by atoms with E-state index in [0.29, 0.717) is 17.5 Å². The van der Waals surface area contributed by atoms with Crippen LogP contribution in [0.2, 0.25) is 0 Å². The fraction of sp³-hybridized carbons (Fsp3) is 0.167. The number of nitrogens with zero attached hydrogens (tertiary/aromatic N) is 3. The Bertz CT molecular complexity index is 852. The number of carbonyl (C=O) groups is 1. The molecule has 25 heavy (non-hydrogen) atoms. The maximum absolute atomic E-state index is 13.6. The molecule has 2 aromatic carbocycles. The highest BCUT2D eigenvalue weighted by Gasteiger charge is 2.17. The van der Waals surface area contributed by atoms with Gasteiger partial charge in [0.05, 0.1) is 12.2 Å². The summed E-state index contributed by atoms with van der Waals surface area (Å²) in [4.78, 5) is 12.3. The lowest BCUT2D eigenvalue weighted by Gasteiger charge is -2.20. The lowest BCUT2D eigenvalue weighted by molar-refractivity contribution is -0.122. The highest BCUT2D eigenvalue weighted by Crippen LogP contribution is 2.20. The molecule has 1 aromatic heterocycles. The Hall–Kier alpha value is -3.09. The van der Waals surface area contributed by atoms with Gasteiger partial charge >= 0.3 is 0 Å². The van der Waals surface area contributed by atoms with Crippen LogP contribution in [0.25, 0.3) is 0 Å². The lowest BCUT2D eigenvalue weighted by Crippen LogP contribution is -2.33. The molecule has 0 saturated carbocycles. The highest BCUT2D eigenvalue weighted by molar-refractivity contribution is 5.76. The van der Waals surface area contributed by atoms with Gasteiger partial charge in [0.25, 0.3) is 0 Å². The smallest absolute Gasteiger partial charge is 0.242 e. The van der Waals surface area contributed by atoms with Gasteiger partial charge in [-0.1, -0.05) is 29.5 Å². The summed E-state index contributed by atoms with van der Waals surface area (Å²) in [6, 6.07) is 11.6. The maximum atomic E-state index is 13.6. The van der Waals surface area contributed by atoms with Gasteiger partial charge in [-0.25, -0.2) is 13.5 Å².